The molecular weight excluding hydrogens is 184 g/mol. The fraction of sp³-hybridized carbons (Fsp3) is 0.200. The highest BCUT2D eigenvalue weighted by atomic mass is 16.3. The Hall–Kier alpha value is -1.84. The molecule has 0 heterocycles. The molecule has 0 aliphatic heterocycles. The standard InChI is InChI=1S/C10H12O4/c1-3-6(11)9-5(2)10(14)8(13)4-7(9)12/h3-4,11-14H,1-2H3/b6-3+. The quantitative estimate of drug-likeness (QED) is 0.315. The highest BCUT2D eigenvalue weighted by Gasteiger charge is 2.15. The van der Waals surface area contributed by atoms with E-state index in [9.17, 15) is 15.3 Å². The average Bonchev–Trinajstić information content (AvgIpc) is 2.14. The van der Waals surface area contributed by atoms with Crippen molar-refractivity contribution in [3.63, 3.8) is 0 Å². The fourth-order valence-corrected chi connectivity index (χ4v) is 1.24. The van der Waals surface area contributed by atoms with E-state index in [2.05, 4.69) is 0 Å². The molecule has 14 heavy (non-hydrogen) atoms. The smallest absolute Gasteiger partial charge is 0.161 e. The van der Waals surface area contributed by atoms with Gasteiger partial charge in [0.2, 0.25) is 0 Å². The van der Waals surface area contributed by atoms with Gasteiger partial charge in [0.15, 0.2) is 11.5 Å². The van der Waals surface area contributed by atoms with Gasteiger partial charge in [0.05, 0.1) is 5.56 Å². The van der Waals surface area contributed by atoms with Crippen LogP contribution in [0.5, 0.6) is 17.2 Å². The molecule has 0 fully saturated rings. The first-order valence-corrected chi connectivity index (χ1v) is 4.09. The van der Waals surface area contributed by atoms with Gasteiger partial charge in [0, 0.05) is 11.6 Å². The third kappa shape index (κ3) is 1.46. The largest absolute Gasteiger partial charge is 0.508 e. The Morgan fingerprint density at radius 1 is 1.21 bits per heavy atom. The summed E-state index contributed by atoms with van der Waals surface area (Å²) in [6.07, 6.45) is 1.39. The minimum absolute atomic E-state index is 0.128. The van der Waals surface area contributed by atoms with Gasteiger partial charge in [-0.25, -0.2) is 0 Å². The first-order valence-electron chi connectivity index (χ1n) is 4.09. The zero-order chi connectivity index (χ0) is 10.9. The first-order chi connectivity index (χ1) is 6.49. The summed E-state index contributed by atoms with van der Waals surface area (Å²) in [6, 6.07) is 0.984. The molecule has 76 valence electrons. The van der Waals surface area contributed by atoms with Crippen LogP contribution < -0.4 is 0 Å². The highest BCUT2D eigenvalue weighted by Crippen LogP contribution is 2.39. The molecule has 1 rings (SSSR count). The van der Waals surface area contributed by atoms with Crippen molar-refractivity contribution in [1.29, 1.82) is 0 Å². The van der Waals surface area contributed by atoms with E-state index in [1.54, 1.807) is 6.92 Å². The minimum atomic E-state index is -0.410. The number of aliphatic hydroxyl groups excluding tert-OH is 1. The predicted octanol–water partition coefficient (Wildman–Crippen LogP) is 2.03. The number of aliphatic hydroxyl groups is 1. The zero-order valence-electron chi connectivity index (χ0n) is 7.94. The molecule has 0 atom stereocenters. The molecule has 0 aliphatic carbocycles. The fourth-order valence-electron chi connectivity index (χ4n) is 1.24. The minimum Gasteiger partial charge on any atom is -0.508 e. The van der Waals surface area contributed by atoms with Gasteiger partial charge >= 0.3 is 0 Å². The normalized spacial score (nSPS) is 11.7. The lowest BCUT2D eigenvalue weighted by Gasteiger charge is -2.10. The van der Waals surface area contributed by atoms with E-state index in [4.69, 9.17) is 5.11 Å². The molecule has 0 unspecified atom stereocenters. The van der Waals surface area contributed by atoms with Gasteiger partial charge in [-0.3, -0.25) is 0 Å². The molecule has 1 aromatic carbocycles. The van der Waals surface area contributed by atoms with E-state index in [-0.39, 0.29) is 28.4 Å². The van der Waals surface area contributed by atoms with Crippen LogP contribution in [0.3, 0.4) is 0 Å². The van der Waals surface area contributed by atoms with Crippen LogP contribution in [0.25, 0.3) is 5.76 Å². The summed E-state index contributed by atoms with van der Waals surface area (Å²) in [5, 5.41) is 37.3. The van der Waals surface area contributed by atoms with Crippen molar-refractivity contribution in [1.82, 2.24) is 0 Å². The van der Waals surface area contributed by atoms with Gasteiger partial charge in [0.1, 0.15) is 11.5 Å². The number of benzene rings is 1. The molecule has 0 saturated heterocycles. The van der Waals surface area contributed by atoms with Crippen LogP contribution in [0.15, 0.2) is 12.1 Å². The molecule has 0 spiro atoms. The number of phenolic OH excluding ortho intramolecular Hbond substituents is 3. The SMILES string of the molecule is C/C=C(/O)c1c(O)cc(O)c(O)c1C. The molecule has 0 radical (unpaired) electrons. The first kappa shape index (κ1) is 10.2. The molecule has 1 aromatic rings. The lowest BCUT2D eigenvalue weighted by molar-refractivity contribution is 0.391. The van der Waals surface area contributed by atoms with Crippen LogP contribution in [0.2, 0.25) is 0 Å². The molecule has 0 bridgehead atoms. The topological polar surface area (TPSA) is 80.9 Å². The summed E-state index contributed by atoms with van der Waals surface area (Å²) in [6.45, 7) is 3.09. The molecule has 0 aliphatic rings. The van der Waals surface area contributed by atoms with Gasteiger partial charge < -0.3 is 20.4 Å². The number of hydrogen-bond donors (Lipinski definition) is 4. The predicted molar refractivity (Wildman–Crippen MR) is 52.5 cm³/mol. The Bertz CT molecular complexity index is 394. The lowest BCUT2D eigenvalue weighted by Crippen LogP contribution is -1.90. The van der Waals surface area contributed by atoms with E-state index in [1.807, 2.05) is 0 Å². The number of aromatic hydroxyl groups is 3. The van der Waals surface area contributed by atoms with Crippen molar-refractivity contribution in [3.05, 3.63) is 23.3 Å². The summed E-state index contributed by atoms with van der Waals surface area (Å²) in [5.74, 6) is -1.16. The summed E-state index contributed by atoms with van der Waals surface area (Å²) < 4.78 is 0. The Morgan fingerprint density at radius 2 is 1.79 bits per heavy atom. The van der Waals surface area contributed by atoms with Crippen molar-refractivity contribution < 1.29 is 20.4 Å². The number of hydrogen-bond acceptors (Lipinski definition) is 4. The summed E-state index contributed by atoms with van der Waals surface area (Å²) in [4.78, 5) is 0. The van der Waals surface area contributed by atoms with Crippen molar-refractivity contribution in [2.45, 2.75) is 13.8 Å². The van der Waals surface area contributed by atoms with E-state index in [0.717, 1.165) is 6.07 Å². The average molecular weight is 196 g/mol. The Balaban J connectivity index is 3.52. The van der Waals surface area contributed by atoms with Gasteiger partial charge in [0.25, 0.3) is 0 Å². The third-order valence-corrected chi connectivity index (χ3v) is 2.03. The molecule has 4 nitrogen and oxygen atoms in total. The van der Waals surface area contributed by atoms with Crippen molar-refractivity contribution in [2.24, 2.45) is 0 Å². The van der Waals surface area contributed by atoms with Gasteiger partial charge in [-0.05, 0) is 19.9 Å². The third-order valence-electron chi connectivity index (χ3n) is 2.03. The molecular formula is C10H12O4. The monoisotopic (exact) mass is 196 g/mol. The lowest BCUT2D eigenvalue weighted by atomic mass is 10.0. The second-order valence-electron chi connectivity index (χ2n) is 2.94. The Labute approximate surface area is 81.4 Å². The van der Waals surface area contributed by atoms with E-state index < -0.39 is 5.75 Å². The highest BCUT2D eigenvalue weighted by molar-refractivity contribution is 5.71. The molecule has 0 aromatic heterocycles. The number of phenols is 3. The maximum Gasteiger partial charge on any atom is 0.161 e. The second-order valence-corrected chi connectivity index (χ2v) is 2.94. The van der Waals surface area contributed by atoms with Crippen LogP contribution in [-0.4, -0.2) is 20.4 Å². The van der Waals surface area contributed by atoms with Crippen molar-refractivity contribution >= 4 is 5.76 Å². The second kappa shape index (κ2) is 3.49. The van der Waals surface area contributed by atoms with Crippen LogP contribution in [0.1, 0.15) is 18.1 Å². The van der Waals surface area contributed by atoms with Crippen molar-refractivity contribution in [2.75, 3.05) is 0 Å². The van der Waals surface area contributed by atoms with E-state index in [0.29, 0.717) is 0 Å². The van der Waals surface area contributed by atoms with Crippen LogP contribution in [0, 0.1) is 6.92 Å². The maximum absolute atomic E-state index is 9.43. The number of allylic oxidation sites excluding steroid dienone is 1. The molecule has 0 saturated carbocycles. The molecule has 4 N–H and O–H groups in total. The van der Waals surface area contributed by atoms with E-state index in [1.165, 1.54) is 13.0 Å². The Morgan fingerprint density at radius 3 is 2.29 bits per heavy atom. The number of rotatable bonds is 1. The summed E-state index contributed by atoms with van der Waals surface area (Å²) in [5.41, 5.74) is 0.362. The van der Waals surface area contributed by atoms with Crippen LogP contribution in [0.4, 0.5) is 0 Å². The van der Waals surface area contributed by atoms with Gasteiger partial charge in [-0.1, -0.05) is 0 Å². The zero-order valence-corrected chi connectivity index (χ0v) is 7.94. The Kier molecular flexibility index (Phi) is 2.56. The van der Waals surface area contributed by atoms with E-state index >= 15 is 0 Å². The summed E-state index contributed by atoms with van der Waals surface area (Å²) in [7, 11) is 0. The maximum atomic E-state index is 9.43. The van der Waals surface area contributed by atoms with Crippen LogP contribution in [-0.2, 0) is 0 Å². The molecule has 0 amide bonds. The van der Waals surface area contributed by atoms with Gasteiger partial charge in [-0.2, -0.15) is 0 Å². The van der Waals surface area contributed by atoms with Crippen molar-refractivity contribution in [3.8, 4) is 17.2 Å². The van der Waals surface area contributed by atoms with Gasteiger partial charge in [-0.15, -0.1) is 0 Å². The summed E-state index contributed by atoms with van der Waals surface area (Å²) >= 11 is 0. The van der Waals surface area contributed by atoms with Crippen LogP contribution >= 0.6 is 0 Å². The molecule has 4 heteroatoms.